The van der Waals surface area contributed by atoms with Gasteiger partial charge in [-0.15, -0.1) is 11.3 Å². The van der Waals surface area contributed by atoms with Crippen LogP contribution in [0.15, 0.2) is 53.0 Å². The summed E-state index contributed by atoms with van der Waals surface area (Å²) < 4.78 is 1.93. The Morgan fingerprint density at radius 2 is 1.89 bits per heavy atom. The van der Waals surface area contributed by atoms with Gasteiger partial charge in [0.05, 0.1) is 10.6 Å². The van der Waals surface area contributed by atoms with Gasteiger partial charge in [0.1, 0.15) is 0 Å². The topological polar surface area (TPSA) is 43.1 Å². The van der Waals surface area contributed by atoms with E-state index >= 15 is 0 Å². The van der Waals surface area contributed by atoms with Gasteiger partial charge in [0.25, 0.3) is 0 Å². The smallest absolute Gasteiger partial charge is 0.205 e. The molecule has 0 saturated heterocycles. The van der Waals surface area contributed by atoms with Crippen molar-refractivity contribution in [1.29, 1.82) is 0 Å². The summed E-state index contributed by atoms with van der Waals surface area (Å²) in [5.74, 6) is -0.0278. The molecule has 0 unspecified atom stereocenters. The highest BCUT2D eigenvalue weighted by atomic mass is 79.9. The summed E-state index contributed by atoms with van der Waals surface area (Å²) in [7, 11) is 0. The van der Waals surface area contributed by atoms with Crippen LogP contribution in [0.2, 0.25) is 0 Å². The van der Waals surface area contributed by atoms with E-state index in [1.54, 1.807) is 6.07 Å². The third kappa shape index (κ3) is 2.17. The summed E-state index contributed by atoms with van der Waals surface area (Å²) in [4.78, 5) is 13.1. The molecule has 2 N–H and O–H groups in total. The fourth-order valence-electron chi connectivity index (χ4n) is 1.99. The molecule has 94 valence electrons. The number of thiophene rings is 1. The highest BCUT2D eigenvalue weighted by molar-refractivity contribution is 9.10. The number of rotatable bonds is 2. The maximum atomic E-state index is 12.5. The van der Waals surface area contributed by atoms with Crippen molar-refractivity contribution in [2.24, 2.45) is 0 Å². The van der Waals surface area contributed by atoms with E-state index in [1.165, 1.54) is 11.3 Å². The fraction of sp³-hybridized carbons (Fsp3) is 0. The number of nitrogens with two attached hydrogens (primary N) is 1. The van der Waals surface area contributed by atoms with E-state index in [-0.39, 0.29) is 5.78 Å². The molecular formula is C15H10BrNOS. The number of benzene rings is 2. The Hall–Kier alpha value is -1.65. The van der Waals surface area contributed by atoms with Gasteiger partial charge in [0.2, 0.25) is 5.78 Å². The van der Waals surface area contributed by atoms with Gasteiger partial charge in [-0.2, -0.15) is 0 Å². The minimum absolute atomic E-state index is 0.0278. The number of hydrogen-bond acceptors (Lipinski definition) is 3. The van der Waals surface area contributed by atoms with Crippen molar-refractivity contribution in [3.63, 3.8) is 0 Å². The van der Waals surface area contributed by atoms with Crippen molar-refractivity contribution in [3.8, 4) is 0 Å². The second-order valence-corrected chi connectivity index (χ2v) is 6.15. The van der Waals surface area contributed by atoms with Crippen LogP contribution in [0, 0.1) is 0 Å². The van der Waals surface area contributed by atoms with Gasteiger partial charge in [0, 0.05) is 20.1 Å². The lowest BCUT2D eigenvalue weighted by Gasteiger charge is -2.00. The van der Waals surface area contributed by atoms with Gasteiger partial charge in [-0.1, -0.05) is 46.3 Å². The van der Waals surface area contributed by atoms with Crippen molar-refractivity contribution < 1.29 is 4.79 Å². The number of hydrogen-bond donors (Lipinski definition) is 1. The average molecular weight is 332 g/mol. The fourth-order valence-corrected chi connectivity index (χ4v) is 3.48. The lowest BCUT2D eigenvalue weighted by Crippen LogP contribution is -2.01. The molecule has 1 aromatic heterocycles. The molecule has 0 atom stereocenters. The Balaban J connectivity index is 2.14. The minimum atomic E-state index is -0.0278. The zero-order valence-electron chi connectivity index (χ0n) is 9.89. The largest absolute Gasteiger partial charge is 0.397 e. The third-order valence-corrected chi connectivity index (χ3v) is 4.61. The van der Waals surface area contributed by atoms with Crippen LogP contribution < -0.4 is 5.73 Å². The van der Waals surface area contributed by atoms with Crippen molar-refractivity contribution in [2.75, 3.05) is 5.73 Å². The van der Waals surface area contributed by atoms with Crippen LogP contribution in [0.5, 0.6) is 0 Å². The Kier molecular flexibility index (Phi) is 3.12. The number of anilines is 1. The van der Waals surface area contributed by atoms with Gasteiger partial charge in [-0.3, -0.25) is 4.79 Å². The molecule has 1 heterocycles. The first kappa shape index (κ1) is 12.4. The van der Waals surface area contributed by atoms with E-state index in [0.29, 0.717) is 16.1 Å². The number of halogens is 1. The molecule has 0 spiro atoms. The number of carbonyl (C=O) groups excluding carboxylic acids is 1. The number of carbonyl (C=O) groups is 1. The highest BCUT2D eigenvalue weighted by Gasteiger charge is 2.17. The molecule has 19 heavy (non-hydrogen) atoms. The molecule has 0 aliphatic rings. The van der Waals surface area contributed by atoms with Crippen LogP contribution in [0.25, 0.3) is 10.1 Å². The molecule has 0 saturated carbocycles. The summed E-state index contributed by atoms with van der Waals surface area (Å²) in [5.41, 5.74) is 7.31. The zero-order valence-corrected chi connectivity index (χ0v) is 12.3. The van der Waals surface area contributed by atoms with Gasteiger partial charge in [-0.05, 0) is 18.2 Å². The quantitative estimate of drug-likeness (QED) is 0.703. The summed E-state index contributed by atoms with van der Waals surface area (Å²) in [6.45, 7) is 0. The van der Waals surface area contributed by atoms with Crippen LogP contribution in [0.1, 0.15) is 15.2 Å². The Morgan fingerprint density at radius 3 is 2.63 bits per heavy atom. The predicted octanol–water partition coefficient (Wildman–Crippen LogP) is 4.48. The molecule has 0 amide bonds. The highest BCUT2D eigenvalue weighted by Crippen LogP contribution is 2.35. The maximum absolute atomic E-state index is 12.5. The average Bonchev–Trinajstić information content (AvgIpc) is 2.76. The molecule has 0 aliphatic heterocycles. The molecule has 0 fully saturated rings. The van der Waals surface area contributed by atoms with Crippen LogP contribution in [-0.4, -0.2) is 5.78 Å². The van der Waals surface area contributed by atoms with E-state index in [1.807, 2.05) is 42.5 Å². The van der Waals surface area contributed by atoms with Crippen molar-refractivity contribution in [3.05, 3.63) is 63.4 Å². The predicted molar refractivity (Wildman–Crippen MR) is 83.8 cm³/mol. The first-order valence-corrected chi connectivity index (χ1v) is 7.35. The molecule has 0 aliphatic carbocycles. The van der Waals surface area contributed by atoms with Crippen molar-refractivity contribution >= 4 is 48.8 Å². The van der Waals surface area contributed by atoms with Gasteiger partial charge in [0.15, 0.2) is 0 Å². The van der Waals surface area contributed by atoms with E-state index in [0.717, 1.165) is 14.6 Å². The molecule has 0 bridgehead atoms. The standard InChI is InChI=1S/C15H10BrNOS/c16-10-5-3-4-9(8-10)14(18)15-13(17)11-6-1-2-7-12(11)19-15/h1-8H,17H2. The normalized spacial score (nSPS) is 10.8. The molecular weight excluding hydrogens is 322 g/mol. The lowest BCUT2D eigenvalue weighted by molar-refractivity contribution is 0.104. The minimum Gasteiger partial charge on any atom is -0.397 e. The second-order valence-electron chi connectivity index (χ2n) is 4.18. The first-order valence-electron chi connectivity index (χ1n) is 5.74. The Bertz CT molecular complexity index is 779. The summed E-state index contributed by atoms with van der Waals surface area (Å²) in [5, 5.41) is 0.950. The van der Waals surface area contributed by atoms with E-state index in [4.69, 9.17) is 5.73 Å². The molecule has 2 aromatic carbocycles. The summed E-state index contributed by atoms with van der Waals surface area (Å²) in [6, 6.07) is 15.2. The second kappa shape index (κ2) is 4.79. The van der Waals surface area contributed by atoms with E-state index in [2.05, 4.69) is 15.9 Å². The summed E-state index contributed by atoms with van der Waals surface area (Å²) >= 11 is 4.82. The van der Waals surface area contributed by atoms with E-state index in [9.17, 15) is 4.79 Å². The molecule has 3 aromatic rings. The van der Waals surface area contributed by atoms with Gasteiger partial charge in [-0.25, -0.2) is 0 Å². The van der Waals surface area contributed by atoms with Crippen LogP contribution >= 0.6 is 27.3 Å². The van der Waals surface area contributed by atoms with Crippen LogP contribution in [-0.2, 0) is 0 Å². The van der Waals surface area contributed by atoms with Crippen LogP contribution in [0.4, 0.5) is 5.69 Å². The Morgan fingerprint density at radius 1 is 1.11 bits per heavy atom. The van der Waals surface area contributed by atoms with Crippen molar-refractivity contribution in [2.45, 2.75) is 0 Å². The monoisotopic (exact) mass is 331 g/mol. The Labute approximate surface area is 123 Å². The molecule has 4 heteroatoms. The maximum Gasteiger partial charge on any atom is 0.205 e. The molecule has 0 radical (unpaired) electrons. The van der Waals surface area contributed by atoms with E-state index < -0.39 is 0 Å². The number of ketones is 1. The summed E-state index contributed by atoms with van der Waals surface area (Å²) in [6.07, 6.45) is 0. The van der Waals surface area contributed by atoms with Crippen LogP contribution in [0.3, 0.4) is 0 Å². The number of nitrogen functional groups attached to an aromatic ring is 1. The zero-order chi connectivity index (χ0) is 13.4. The van der Waals surface area contributed by atoms with Gasteiger partial charge >= 0.3 is 0 Å². The lowest BCUT2D eigenvalue weighted by atomic mass is 10.1. The molecule has 2 nitrogen and oxygen atoms in total. The SMILES string of the molecule is Nc1c(C(=O)c2cccc(Br)c2)sc2ccccc12. The van der Waals surface area contributed by atoms with Crippen molar-refractivity contribution in [1.82, 2.24) is 0 Å². The number of fused-ring (bicyclic) bond motifs is 1. The van der Waals surface area contributed by atoms with Gasteiger partial charge < -0.3 is 5.73 Å². The molecule has 3 rings (SSSR count). The first-order chi connectivity index (χ1) is 9.16. The third-order valence-electron chi connectivity index (χ3n) is 2.93.